The number of carbonyl (C=O) groups excluding carboxylic acids is 2. The van der Waals surface area contributed by atoms with Gasteiger partial charge in [-0.05, 0) is 73.0 Å². The number of halogens is 5. The maximum absolute atomic E-state index is 13.4. The summed E-state index contributed by atoms with van der Waals surface area (Å²) in [7, 11) is 1.71. The monoisotopic (exact) mass is 571 g/mol. The molecule has 4 aromatic rings. The van der Waals surface area contributed by atoms with Crippen LogP contribution in [0, 0.1) is 11.2 Å². The van der Waals surface area contributed by atoms with Crippen molar-refractivity contribution < 1.29 is 27.2 Å². The lowest BCUT2D eigenvalue weighted by Crippen LogP contribution is -2.40. The summed E-state index contributed by atoms with van der Waals surface area (Å²) in [6.45, 7) is -0.194. The highest BCUT2D eigenvalue weighted by Gasteiger charge is 2.68. The number of carbonyl (C=O) groups is 2. The second-order valence-electron chi connectivity index (χ2n) is 9.42. The van der Waals surface area contributed by atoms with Crippen LogP contribution in [0.15, 0.2) is 60.7 Å². The minimum absolute atomic E-state index is 0.0797. The number of hydrogen-bond donors (Lipinski definition) is 3. The minimum atomic E-state index is -4.61. The quantitative estimate of drug-likeness (QED) is 0.225. The summed E-state index contributed by atoms with van der Waals surface area (Å²) in [5.74, 6) is -1.13. The molecule has 7 nitrogen and oxygen atoms in total. The Bertz CT molecular complexity index is 1620. The summed E-state index contributed by atoms with van der Waals surface area (Å²) < 4.78 is 53.0. The number of nitrogens with zero attached hydrogens (tertiary/aromatic N) is 2. The average molecular weight is 572 g/mol. The zero-order chi connectivity index (χ0) is 28.7. The summed E-state index contributed by atoms with van der Waals surface area (Å²) >= 11 is 6.24. The zero-order valence-electron chi connectivity index (χ0n) is 21.0. The van der Waals surface area contributed by atoms with E-state index < -0.39 is 23.4 Å². The van der Waals surface area contributed by atoms with Crippen molar-refractivity contribution >= 4 is 45.8 Å². The predicted molar refractivity (Wildman–Crippen MR) is 143 cm³/mol. The van der Waals surface area contributed by atoms with Crippen LogP contribution < -0.4 is 16.0 Å². The normalized spacial score (nSPS) is 14.1. The Hall–Kier alpha value is -4.25. The molecule has 206 valence electrons. The van der Waals surface area contributed by atoms with Crippen LogP contribution >= 0.6 is 11.6 Å². The van der Waals surface area contributed by atoms with Crippen molar-refractivity contribution in [2.24, 2.45) is 5.41 Å². The van der Waals surface area contributed by atoms with Gasteiger partial charge in [-0.15, -0.1) is 0 Å². The molecule has 12 heteroatoms. The molecular formula is C28H22ClF4N5O2. The Morgan fingerprint density at radius 3 is 2.38 bits per heavy atom. The summed E-state index contributed by atoms with van der Waals surface area (Å²) in [6, 6.07) is 15.2. The first-order valence-electron chi connectivity index (χ1n) is 12.2. The average Bonchev–Trinajstić information content (AvgIpc) is 3.75. The van der Waals surface area contributed by atoms with E-state index in [1.807, 2.05) is 0 Å². The van der Waals surface area contributed by atoms with Crippen molar-refractivity contribution in [1.29, 1.82) is 0 Å². The van der Waals surface area contributed by atoms with Crippen molar-refractivity contribution in [3.8, 4) is 11.4 Å². The van der Waals surface area contributed by atoms with Gasteiger partial charge in [-0.25, -0.2) is 14.4 Å². The SMILES string of the molecule is CNc1nc(-c2ccc(F)cc2)nc2cc(NC(=O)c3cc(CNC(=O)C4(C(F)(F)F)CC4)ccc3Cl)ccc12. The van der Waals surface area contributed by atoms with E-state index in [1.54, 1.807) is 37.4 Å². The first kappa shape index (κ1) is 27.3. The Kier molecular flexibility index (Phi) is 7.09. The van der Waals surface area contributed by atoms with E-state index in [1.165, 1.54) is 30.3 Å². The van der Waals surface area contributed by atoms with Crippen molar-refractivity contribution in [2.45, 2.75) is 25.6 Å². The fourth-order valence-corrected chi connectivity index (χ4v) is 4.50. The van der Waals surface area contributed by atoms with Crippen LogP contribution in [0.4, 0.5) is 29.1 Å². The molecule has 1 aliphatic carbocycles. The van der Waals surface area contributed by atoms with Crippen LogP contribution in [-0.2, 0) is 11.3 Å². The summed E-state index contributed by atoms with van der Waals surface area (Å²) in [5.41, 5.74) is -0.321. The third-order valence-corrected chi connectivity index (χ3v) is 7.08. The van der Waals surface area contributed by atoms with Crippen molar-refractivity contribution in [3.05, 3.63) is 82.6 Å². The van der Waals surface area contributed by atoms with Gasteiger partial charge in [0.05, 0.1) is 16.1 Å². The van der Waals surface area contributed by atoms with E-state index in [0.717, 1.165) is 0 Å². The number of hydrogen-bond acceptors (Lipinski definition) is 5. The van der Waals surface area contributed by atoms with Crippen LogP contribution in [0.25, 0.3) is 22.3 Å². The number of aromatic nitrogens is 2. The molecular weight excluding hydrogens is 550 g/mol. The predicted octanol–water partition coefficient (Wildman–Crippen LogP) is 6.34. The number of fused-ring (bicyclic) bond motifs is 1. The molecule has 3 N–H and O–H groups in total. The number of anilines is 2. The number of benzene rings is 3. The van der Waals surface area contributed by atoms with Gasteiger partial charge in [0.15, 0.2) is 5.82 Å². The number of alkyl halides is 3. The molecule has 1 saturated carbocycles. The molecule has 3 aromatic carbocycles. The smallest absolute Gasteiger partial charge is 0.373 e. The topological polar surface area (TPSA) is 96.0 Å². The van der Waals surface area contributed by atoms with Crippen LogP contribution in [-0.4, -0.2) is 35.0 Å². The summed E-state index contributed by atoms with van der Waals surface area (Å²) in [5, 5.41) is 8.90. The molecule has 1 aliphatic rings. The van der Waals surface area contributed by atoms with Gasteiger partial charge < -0.3 is 16.0 Å². The summed E-state index contributed by atoms with van der Waals surface area (Å²) in [6.07, 6.45) is -5.09. The molecule has 1 heterocycles. The Balaban J connectivity index is 1.35. The van der Waals surface area contributed by atoms with Gasteiger partial charge in [0, 0.05) is 30.2 Å². The molecule has 0 spiro atoms. The van der Waals surface area contributed by atoms with Gasteiger partial charge in [-0.3, -0.25) is 9.59 Å². The highest BCUT2D eigenvalue weighted by atomic mass is 35.5. The van der Waals surface area contributed by atoms with Gasteiger partial charge in [-0.1, -0.05) is 17.7 Å². The highest BCUT2D eigenvalue weighted by Crippen LogP contribution is 2.57. The number of nitrogens with one attached hydrogen (secondary N) is 3. The van der Waals surface area contributed by atoms with Gasteiger partial charge >= 0.3 is 6.18 Å². The van der Waals surface area contributed by atoms with Crippen molar-refractivity contribution in [1.82, 2.24) is 15.3 Å². The summed E-state index contributed by atoms with van der Waals surface area (Å²) in [4.78, 5) is 34.3. The largest absolute Gasteiger partial charge is 0.403 e. The fourth-order valence-electron chi connectivity index (χ4n) is 4.30. The second-order valence-corrected chi connectivity index (χ2v) is 9.82. The van der Waals surface area contributed by atoms with E-state index in [-0.39, 0.29) is 35.8 Å². The first-order chi connectivity index (χ1) is 19.0. The number of amides is 2. The van der Waals surface area contributed by atoms with E-state index in [0.29, 0.717) is 39.4 Å². The van der Waals surface area contributed by atoms with E-state index >= 15 is 0 Å². The lowest BCUT2D eigenvalue weighted by Gasteiger charge is -2.18. The Morgan fingerprint density at radius 2 is 1.73 bits per heavy atom. The highest BCUT2D eigenvalue weighted by molar-refractivity contribution is 6.34. The zero-order valence-corrected chi connectivity index (χ0v) is 21.8. The van der Waals surface area contributed by atoms with Crippen molar-refractivity contribution in [3.63, 3.8) is 0 Å². The molecule has 1 fully saturated rings. The molecule has 0 radical (unpaired) electrons. The number of rotatable bonds is 7. The van der Waals surface area contributed by atoms with Gasteiger partial charge in [-0.2, -0.15) is 13.2 Å². The van der Waals surface area contributed by atoms with Crippen molar-refractivity contribution in [2.75, 3.05) is 17.7 Å². The third-order valence-electron chi connectivity index (χ3n) is 6.75. The molecule has 40 heavy (non-hydrogen) atoms. The first-order valence-corrected chi connectivity index (χ1v) is 12.6. The molecule has 5 rings (SSSR count). The minimum Gasteiger partial charge on any atom is -0.373 e. The van der Waals surface area contributed by atoms with Crippen LogP contribution in [0.1, 0.15) is 28.8 Å². The molecule has 0 aliphatic heterocycles. The lowest BCUT2D eigenvalue weighted by atomic mass is 10.1. The van der Waals surface area contributed by atoms with Gasteiger partial charge in [0.1, 0.15) is 17.1 Å². The third kappa shape index (κ3) is 5.29. The van der Waals surface area contributed by atoms with Crippen LogP contribution in [0.2, 0.25) is 5.02 Å². The van der Waals surface area contributed by atoms with Crippen LogP contribution in [0.5, 0.6) is 0 Å². The maximum Gasteiger partial charge on any atom is 0.403 e. The Labute approximate surface area is 231 Å². The lowest BCUT2D eigenvalue weighted by molar-refractivity contribution is -0.192. The molecule has 1 aromatic heterocycles. The van der Waals surface area contributed by atoms with E-state index in [4.69, 9.17) is 11.6 Å². The molecule has 0 atom stereocenters. The van der Waals surface area contributed by atoms with Gasteiger partial charge in [0.2, 0.25) is 5.91 Å². The molecule has 0 unspecified atom stereocenters. The van der Waals surface area contributed by atoms with E-state index in [9.17, 15) is 27.2 Å². The Morgan fingerprint density at radius 1 is 1.00 bits per heavy atom. The molecule has 0 bridgehead atoms. The van der Waals surface area contributed by atoms with Gasteiger partial charge in [0.25, 0.3) is 5.91 Å². The molecule has 2 amide bonds. The second kappa shape index (κ2) is 10.4. The maximum atomic E-state index is 13.4. The standard InChI is InChI=1S/C28H22ClF4N5O2/c1-34-24-19-8-7-18(13-22(19)37-23(38-24)16-3-5-17(30)6-4-16)36-25(39)20-12-15(2-9-21(20)29)14-35-26(40)27(10-11-27)28(31,32)33/h2-9,12-13H,10-11,14H2,1H3,(H,35,40)(H,36,39)(H,34,37,38). The molecule has 0 saturated heterocycles. The fraction of sp³-hybridized carbons (Fsp3) is 0.214. The van der Waals surface area contributed by atoms with Crippen LogP contribution in [0.3, 0.4) is 0 Å². The van der Waals surface area contributed by atoms with E-state index in [2.05, 4.69) is 25.9 Å².